The number of amides is 2. The van der Waals surface area contributed by atoms with Crippen LogP contribution in [-0.2, 0) is 22.6 Å². The van der Waals surface area contributed by atoms with Gasteiger partial charge in [-0.05, 0) is 42.5 Å². The highest BCUT2D eigenvalue weighted by atomic mass is 16.2. The summed E-state index contributed by atoms with van der Waals surface area (Å²) in [7, 11) is 0. The molecule has 0 saturated heterocycles. The van der Waals surface area contributed by atoms with Crippen LogP contribution in [0.4, 0.5) is 5.69 Å². The molecule has 130 valence electrons. The normalized spacial score (nSPS) is 22.6. The van der Waals surface area contributed by atoms with E-state index in [0.717, 1.165) is 38.2 Å². The van der Waals surface area contributed by atoms with E-state index in [2.05, 4.69) is 35.4 Å². The summed E-state index contributed by atoms with van der Waals surface area (Å²) >= 11 is 0. The molecule has 2 atom stereocenters. The van der Waals surface area contributed by atoms with Crippen molar-refractivity contribution in [1.29, 1.82) is 0 Å². The first-order chi connectivity index (χ1) is 11.6. The van der Waals surface area contributed by atoms with Gasteiger partial charge in [0.1, 0.15) is 0 Å². The van der Waals surface area contributed by atoms with Gasteiger partial charge >= 0.3 is 0 Å². The van der Waals surface area contributed by atoms with Gasteiger partial charge in [-0.2, -0.15) is 0 Å². The molecule has 1 heterocycles. The van der Waals surface area contributed by atoms with Crippen LogP contribution in [0.3, 0.4) is 0 Å². The second-order valence-corrected chi connectivity index (χ2v) is 6.97. The molecule has 2 unspecified atom stereocenters. The van der Waals surface area contributed by atoms with E-state index in [4.69, 9.17) is 0 Å². The topological polar surface area (TPSA) is 61.4 Å². The molecular weight excluding hydrogens is 302 g/mol. The van der Waals surface area contributed by atoms with Gasteiger partial charge in [-0.3, -0.25) is 14.5 Å². The molecule has 2 amide bonds. The Bertz CT molecular complexity index is 629. The molecule has 0 bridgehead atoms. The number of rotatable bonds is 6. The van der Waals surface area contributed by atoms with Gasteiger partial charge in [0.2, 0.25) is 11.8 Å². The largest absolute Gasteiger partial charge is 0.355 e. The minimum atomic E-state index is -0.0366. The zero-order valence-corrected chi connectivity index (χ0v) is 14.6. The van der Waals surface area contributed by atoms with Crippen molar-refractivity contribution in [2.45, 2.75) is 39.7 Å². The molecule has 5 nitrogen and oxygen atoms in total. The van der Waals surface area contributed by atoms with Crippen LogP contribution < -0.4 is 10.6 Å². The van der Waals surface area contributed by atoms with Crippen LogP contribution in [0.25, 0.3) is 0 Å². The first kappa shape index (κ1) is 17.0. The Morgan fingerprint density at radius 2 is 2.12 bits per heavy atom. The molecule has 1 aromatic rings. The average Bonchev–Trinajstić information content (AvgIpc) is 3.31. The second kappa shape index (κ2) is 7.34. The SMILES string of the molecule is CCN1CCc2c(cccc2NC(=O)CCNC(=O)C2CC2C)C1. The van der Waals surface area contributed by atoms with E-state index in [1.807, 2.05) is 12.1 Å². The lowest BCUT2D eigenvalue weighted by atomic mass is 9.97. The Morgan fingerprint density at radius 1 is 1.33 bits per heavy atom. The summed E-state index contributed by atoms with van der Waals surface area (Å²) in [6, 6.07) is 6.12. The van der Waals surface area contributed by atoms with E-state index in [1.54, 1.807) is 0 Å². The maximum atomic E-state index is 12.2. The van der Waals surface area contributed by atoms with Crippen molar-refractivity contribution in [3.8, 4) is 0 Å². The lowest BCUT2D eigenvalue weighted by molar-refractivity contribution is -0.122. The highest BCUT2D eigenvalue weighted by Crippen LogP contribution is 2.37. The highest BCUT2D eigenvalue weighted by molar-refractivity contribution is 5.92. The first-order valence-corrected chi connectivity index (χ1v) is 8.99. The number of hydrogen-bond donors (Lipinski definition) is 2. The molecule has 5 heteroatoms. The molecule has 0 radical (unpaired) electrons. The zero-order valence-electron chi connectivity index (χ0n) is 14.6. The van der Waals surface area contributed by atoms with Crippen molar-refractivity contribution in [1.82, 2.24) is 10.2 Å². The number of benzene rings is 1. The summed E-state index contributed by atoms with van der Waals surface area (Å²) in [4.78, 5) is 26.3. The fourth-order valence-electron chi connectivity index (χ4n) is 3.39. The number of carbonyl (C=O) groups excluding carboxylic acids is 2. The molecule has 1 aliphatic heterocycles. The van der Waals surface area contributed by atoms with Crippen LogP contribution in [-0.4, -0.2) is 36.3 Å². The zero-order chi connectivity index (χ0) is 17.1. The number of anilines is 1. The van der Waals surface area contributed by atoms with Crippen LogP contribution >= 0.6 is 0 Å². The number of fused-ring (bicyclic) bond motifs is 1. The van der Waals surface area contributed by atoms with E-state index in [1.165, 1.54) is 11.1 Å². The Kier molecular flexibility index (Phi) is 5.19. The highest BCUT2D eigenvalue weighted by Gasteiger charge is 2.38. The van der Waals surface area contributed by atoms with Gasteiger partial charge in [0.05, 0.1) is 0 Å². The molecule has 1 saturated carbocycles. The Balaban J connectivity index is 1.50. The van der Waals surface area contributed by atoms with Crippen LogP contribution in [0.15, 0.2) is 18.2 Å². The quantitative estimate of drug-likeness (QED) is 0.841. The van der Waals surface area contributed by atoms with Crippen LogP contribution in [0.1, 0.15) is 37.8 Å². The smallest absolute Gasteiger partial charge is 0.226 e. The summed E-state index contributed by atoms with van der Waals surface area (Å²) in [5.41, 5.74) is 3.48. The van der Waals surface area contributed by atoms with Crippen molar-refractivity contribution in [3.63, 3.8) is 0 Å². The standard InChI is InChI=1S/C19H27N3O2/c1-3-22-10-8-15-14(12-22)5-4-6-17(15)21-18(23)7-9-20-19(24)16-11-13(16)2/h4-6,13,16H,3,7-12H2,1-2H3,(H,20,24)(H,21,23). The van der Waals surface area contributed by atoms with Crippen LogP contribution in [0.5, 0.6) is 0 Å². The molecule has 0 spiro atoms. The van der Waals surface area contributed by atoms with Gasteiger partial charge in [-0.15, -0.1) is 0 Å². The summed E-state index contributed by atoms with van der Waals surface area (Å²) in [6.45, 7) is 7.70. The average molecular weight is 329 g/mol. The number of carbonyl (C=O) groups is 2. The Labute approximate surface area is 143 Å². The number of hydrogen-bond acceptors (Lipinski definition) is 3. The number of nitrogens with zero attached hydrogens (tertiary/aromatic N) is 1. The van der Waals surface area contributed by atoms with Gasteiger partial charge in [-0.1, -0.05) is 26.0 Å². The van der Waals surface area contributed by atoms with Crippen LogP contribution in [0, 0.1) is 11.8 Å². The van der Waals surface area contributed by atoms with Crippen molar-refractivity contribution in [3.05, 3.63) is 29.3 Å². The molecular formula is C19H27N3O2. The van der Waals surface area contributed by atoms with Crippen molar-refractivity contribution in [2.24, 2.45) is 11.8 Å². The van der Waals surface area contributed by atoms with E-state index in [9.17, 15) is 9.59 Å². The fourth-order valence-corrected chi connectivity index (χ4v) is 3.39. The monoisotopic (exact) mass is 329 g/mol. The third-order valence-electron chi connectivity index (χ3n) is 5.16. The maximum absolute atomic E-state index is 12.2. The van der Waals surface area contributed by atoms with E-state index < -0.39 is 0 Å². The summed E-state index contributed by atoms with van der Waals surface area (Å²) in [6.07, 6.45) is 2.26. The molecule has 1 aromatic carbocycles. The number of nitrogens with one attached hydrogen (secondary N) is 2. The predicted molar refractivity (Wildman–Crippen MR) is 94.6 cm³/mol. The van der Waals surface area contributed by atoms with Crippen molar-refractivity contribution >= 4 is 17.5 Å². The van der Waals surface area contributed by atoms with Gasteiger partial charge < -0.3 is 10.6 Å². The Morgan fingerprint density at radius 3 is 2.83 bits per heavy atom. The lowest BCUT2D eigenvalue weighted by Gasteiger charge is -2.29. The molecule has 2 aliphatic rings. The molecule has 2 N–H and O–H groups in total. The van der Waals surface area contributed by atoms with Crippen molar-refractivity contribution < 1.29 is 9.59 Å². The molecule has 1 aliphatic carbocycles. The molecule has 1 fully saturated rings. The maximum Gasteiger partial charge on any atom is 0.226 e. The van der Waals surface area contributed by atoms with E-state index in [-0.39, 0.29) is 17.7 Å². The predicted octanol–water partition coefficient (Wildman–Crippen LogP) is 2.17. The molecule has 0 aromatic heterocycles. The third-order valence-corrected chi connectivity index (χ3v) is 5.16. The van der Waals surface area contributed by atoms with E-state index in [0.29, 0.717) is 18.9 Å². The van der Waals surface area contributed by atoms with Crippen LogP contribution in [0.2, 0.25) is 0 Å². The number of likely N-dealkylation sites (N-methyl/N-ethyl adjacent to an activating group) is 1. The minimum Gasteiger partial charge on any atom is -0.355 e. The van der Waals surface area contributed by atoms with Gasteiger partial charge in [-0.25, -0.2) is 0 Å². The third kappa shape index (κ3) is 3.96. The van der Waals surface area contributed by atoms with Gasteiger partial charge in [0, 0.05) is 37.7 Å². The summed E-state index contributed by atoms with van der Waals surface area (Å²) in [5.74, 6) is 0.714. The molecule has 3 rings (SSSR count). The second-order valence-electron chi connectivity index (χ2n) is 6.97. The minimum absolute atomic E-state index is 0.0366. The fraction of sp³-hybridized carbons (Fsp3) is 0.579. The lowest BCUT2D eigenvalue weighted by Crippen LogP contribution is -2.31. The van der Waals surface area contributed by atoms with Gasteiger partial charge in [0.25, 0.3) is 0 Å². The summed E-state index contributed by atoms with van der Waals surface area (Å²) < 4.78 is 0. The van der Waals surface area contributed by atoms with E-state index >= 15 is 0 Å². The first-order valence-electron chi connectivity index (χ1n) is 8.99. The van der Waals surface area contributed by atoms with Gasteiger partial charge in [0.15, 0.2) is 0 Å². The van der Waals surface area contributed by atoms with Crippen molar-refractivity contribution in [2.75, 3.05) is 25.0 Å². The molecule has 24 heavy (non-hydrogen) atoms. The Hall–Kier alpha value is -1.88. The summed E-state index contributed by atoms with van der Waals surface area (Å²) in [5, 5.41) is 5.88.